The molecule has 136 valence electrons. The molecule has 5 heteroatoms. The Morgan fingerprint density at radius 1 is 1.04 bits per heavy atom. The van der Waals surface area contributed by atoms with E-state index < -0.39 is 10.0 Å². The zero-order valence-corrected chi connectivity index (χ0v) is 16.4. The van der Waals surface area contributed by atoms with Crippen LogP contribution in [0.25, 0.3) is 0 Å². The Morgan fingerprint density at radius 3 is 2.44 bits per heavy atom. The summed E-state index contributed by atoms with van der Waals surface area (Å²) in [6, 6.07) is 13.3. The zero-order valence-electron chi connectivity index (χ0n) is 15.6. The van der Waals surface area contributed by atoms with Crippen molar-refractivity contribution in [2.24, 2.45) is 0 Å². The van der Waals surface area contributed by atoms with E-state index in [-0.39, 0.29) is 18.6 Å². The van der Waals surface area contributed by atoms with Crippen LogP contribution in [0.1, 0.15) is 37.5 Å². The molecular formula is C20H27NO3S. The third kappa shape index (κ3) is 5.31. The first-order valence-electron chi connectivity index (χ1n) is 8.40. The predicted molar refractivity (Wildman–Crippen MR) is 102 cm³/mol. The maximum absolute atomic E-state index is 12.4. The highest BCUT2D eigenvalue weighted by Gasteiger charge is 2.17. The number of sulfonamides is 1. The Morgan fingerprint density at radius 2 is 1.76 bits per heavy atom. The number of hydrogen-bond donors (Lipinski definition) is 1. The van der Waals surface area contributed by atoms with Crippen LogP contribution in [-0.4, -0.2) is 21.6 Å². The highest BCUT2D eigenvalue weighted by atomic mass is 32.2. The van der Waals surface area contributed by atoms with E-state index in [2.05, 4.69) is 31.6 Å². The summed E-state index contributed by atoms with van der Waals surface area (Å²) >= 11 is 0. The van der Waals surface area contributed by atoms with Crippen LogP contribution in [0.2, 0.25) is 0 Å². The van der Waals surface area contributed by atoms with Gasteiger partial charge in [-0.15, -0.1) is 0 Å². The molecule has 0 aliphatic carbocycles. The van der Waals surface area contributed by atoms with E-state index in [9.17, 15) is 8.42 Å². The van der Waals surface area contributed by atoms with Gasteiger partial charge < -0.3 is 4.74 Å². The van der Waals surface area contributed by atoms with Crippen molar-refractivity contribution in [3.05, 3.63) is 59.2 Å². The topological polar surface area (TPSA) is 55.4 Å². The minimum absolute atomic E-state index is 0.0453. The molecular weight excluding hydrogens is 334 g/mol. The van der Waals surface area contributed by atoms with Gasteiger partial charge in [-0.05, 0) is 54.2 Å². The number of aryl methyl sites for hydroxylation is 2. The quantitative estimate of drug-likeness (QED) is 0.793. The van der Waals surface area contributed by atoms with Crippen LogP contribution < -0.4 is 9.46 Å². The number of ether oxygens (including phenoxy) is 1. The standard InChI is InChI=1S/C20H27NO3S/c1-15-9-10-16(2)19(13-15)25(22,23)21-11-12-24-18-8-6-7-17(14-18)20(3,4)5/h6-10,13-14,21H,11-12H2,1-5H3. The maximum atomic E-state index is 12.4. The van der Waals surface area contributed by atoms with Crippen LogP contribution in [0.4, 0.5) is 0 Å². The minimum atomic E-state index is -3.53. The van der Waals surface area contributed by atoms with Gasteiger partial charge in [0.25, 0.3) is 0 Å². The molecule has 0 fully saturated rings. The van der Waals surface area contributed by atoms with E-state index in [4.69, 9.17) is 4.74 Å². The van der Waals surface area contributed by atoms with Gasteiger partial charge in [0.15, 0.2) is 0 Å². The van der Waals surface area contributed by atoms with E-state index >= 15 is 0 Å². The smallest absolute Gasteiger partial charge is 0.240 e. The largest absolute Gasteiger partial charge is 0.492 e. The number of benzene rings is 2. The molecule has 1 N–H and O–H groups in total. The normalized spacial score (nSPS) is 12.2. The van der Waals surface area contributed by atoms with Gasteiger partial charge >= 0.3 is 0 Å². The lowest BCUT2D eigenvalue weighted by Crippen LogP contribution is -2.29. The first-order valence-corrected chi connectivity index (χ1v) is 9.88. The van der Waals surface area contributed by atoms with Gasteiger partial charge in [0.05, 0.1) is 4.90 Å². The van der Waals surface area contributed by atoms with Crippen LogP contribution in [0, 0.1) is 13.8 Å². The van der Waals surface area contributed by atoms with Crippen LogP contribution in [0.3, 0.4) is 0 Å². The molecule has 25 heavy (non-hydrogen) atoms. The summed E-state index contributed by atoms with van der Waals surface area (Å²) in [5.41, 5.74) is 2.88. The molecule has 2 aromatic rings. The third-order valence-electron chi connectivity index (χ3n) is 4.00. The zero-order chi connectivity index (χ0) is 18.7. The van der Waals surface area contributed by atoms with Crippen molar-refractivity contribution < 1.29 is 13.2 Å². The fourth-order valence-electron chi connectivity index (χ4n) is 2.47. The lowest BCUT2D eigenvalue weighted by molar-refractivity contribution is 0.322. The van der Waals surface area contributed by atoms with Crippen molar-refractivity contribution in [1.82, 2.24) is 4.72 Å². The summed E-state index contributed by atoms with van der Waals surface area (Å²) in [6.07, 6.45) is 0. The van der Waals surface area contributed by atoms with Gasteiger partial charge in [-0.3, -0.25) is 0 Å². The number of nitrogens with one attached hydrogen (secondary N) is 1. The first kappa shape index (κ1) is 19.5. The van der Waals surface area contributed by atoms with Crippen molar-refractivity contribution in [3.63, 3.8) is 0 Å². The molecule has 0 spiro atoms. The summed E-state index contributed by atoms with van der Waals surface area (Å²) in [5.74, 6) is 0.748. The van der Waals surface area contributed by atoms with Gasteiger partial charge in [-0.2, -0.15) is 0 Å². The molecule has 0 unspecified atom stereocenters. The van der Waals surface area contributed by atoms with Crippen LogP contribution in [0.5, 0.6) is 5.75 Å². The summed E-state index contributed by atoms with van der Waals surface area (Å²) in [6.45, 7) is 10.6. The molecule has 0 saturated carbocycles. The van der Waals surface area contributed by atoms with Crippen LogP contribution >= 0.6 is 0 Å². The molecule has 0 aromatic heterocycles. The van der Waals surface area contributed by atoms with Gasteiger partial charge in [-0.1, -0.05) is 45.0 Å². The van der Waals surface area contributed by atoms with E-state index in [0.717, 1.165) is 16.9 Å². The second kappa shape index (κ2) is 7.58. The lowest BCUT2D eigenvalue weighted by atomic mass is 9.87. The van der Waals surface area contributed by atoms with E-state index in [0.29, 0.717) is 4.90 Å². The molecule has 4 nitrogen and oxygen atoms in total. The van der Waals surface area contributed by atoms with E-state index in [1.165, 1.54) is 5.56 Å². The molecule has 2 rings (SSSR count). The summed E-state index contributed by atoms with van der Waals surface area (Å²) in [5, 5.41) is 0. The SMILES string of the molecule is Cc1ccc(C)c(S(=O)(=O)NCCOc2cccc(C(C)(C)C)c2)c1. The lowest BCUT2D eigenvalue weighted by Gasteiger charge is -2.19. The summed E-state index contributed by atoms with van der Waals surface area (Å²) < 4.78 is 33.2. The third-order valence-corrected chi connectivity index (χ3v) is 5.60. The average Bonchev–Trinajstić information content (AvgIpc) is 2.53. The first-order chi connectivity index (χ1) is 11.6. The molecule has 0 aliphatic rings. The van der Waals surface area contributed by atoms with Crippen LogP contribution in [-0.2, 0) is 15.4 Å². The van der Waals surface area contributed by atoms with Crippen molar-refractivity contribution >= 4 is 10.0 Å². The Bertz CT molecular complexity index is 836. The molecule has 0 atom stereocenters. The fraction of sp³-hybridized carbons (Fsp3) is 0.400. The highest BCUT2D eigenvalue weighted by molar-refractivity contribution is 7.89. The predicted octanol–water partition coefficient (Wildman–Crippen LogP) is 3.96. The molecule has 0 bridgehead atoms. The van der Waals surface area contributed by atoms with Gasteiger partial charge in [0.2, 0.25) is 10.0 Å². The summed E-state index contributed by atoms with van der Waals surface area (Å²) in [7, 11) is -3.53. The van der Waals surface area contributed by atoms with Crippen molar-refractivity contribution in [3.8, 4) is 5.75 Å². The minimum Gasteiger partial charge on any atom is -0.492 e. The second-order valence-corrected chi connectivity index (χ2v) is 9.03. The Labute approximate surface area is 151 Å². The maximum Gasteiger partial charge on any atom is 0.240 e. The van der Waals surface area contributed by atoms with Gasteiger partial charge in [0, 0.05) is 6.54 Å². The molecule has 0 radical (unpaired) electrons. The molecule has 0 heterocycles. The molecule has 0 saturated heterocycles. The van der Waals surface area contributed by atoms with Crippen molar-refractivity contribution in [1.29, 1.82) is 0 Å². The van der Waals surface area contributed by atoms with Crippen molar-refractivity contribution in [2.45, 2.75) is 44.9 Å². The molecule has 0 aliphatic heterocycles. The van der Waals surface area contributed by atoms with Crippen LogP contribution in [0.15, 0.2) is 47.4 Å². The number of rotatable bonds is 6. The monoisotopic (exact) mass is 361 g/mol. The van der Waals surface area contributed by atoms with Gasteiger partial charge in [0.1, 0.15) is 12.4 Å². The van der Waals surface area contributed by atoms with E-state index in [1.54, 1.807) is 13.0 Å². The fourth-order valence-corrected chi connectivity index (χ4v) is 3.81. The Balaban J connectivity index is 1.96. The molecule has 2 aromatic carbocycles. The summed E-state index contributed by atoms with van der Waals surface area (Å²) in [4.78, 5) is 0.322. The van der Waals surface area contributed by atoms with E-state index in [1.807, 2.05) is 37.3 Å². The van der Waals surface area contributed by atoms with Crippen molar-refractivity contribution in [2.75, 3.05) is 13.2 Å². The Hall–Kier alpha value is -1.85. The number of hydrogen-bond acceptors (Lipinski definition) is 3. The van der Waals surface area contributed by atoms with Gasteiger partial charge in [-0.25, -0.2) is 13.1 Å². The Kier molecular flexibility index (Phi) is 5.91. The molecule has 0 amide bonds. The average molecular weight is 362 g/mol. The highest BCUT2D eigenvalue weighted by Crippen LogP contribution is 2.25. The second-order valence-electron chi connectivity index (χ2n) is 7.29.